The predicted molar refractivity (Wildman–Crippen MR) is 69.2 cm³/mol. The van der Waals surface area contributed by atoms with Crippen molar-refractivity contribution in [1.29, 1.82) is 0 Å². The number of carbonyl (C=O) groups is 1. The molecule has 1 N–H and O–H groups in total. The fraction of sp³-hybridized carbons (Fsp3) is 0.417. The van der Waals surface area contributed by atoms with E-state index in [-0.39, 0.29) is 11.8 Å². The minimum absolute atomic E-state index is 0.158. The minimum atomic E-state index is 0.158. The molecule has 3 heteroatoms. The van der Waals surface area contributed by atoms with Crippen LogP contribution >= 0.6 is 22.6 Å². The average Bonchev–Trinajstić information content (AvgIpc) is 2.69. The number of halogens is 1. The van der Waals surface area contributed by atoms with Crippen LogP contribution in [0.3, 0.4) is 0 Å². The first kappa shape index (κ1) is 10.9. The van der Waals surface area contributed by atoms with Crippen molar-refractivity contribution in [3.63, 3.8) is 0 Å². The van der Waals surface area contributed by atoms with Gasteiger partial charge in [-0.05, 0) is 24.0 Å². The Labute approximate surface area is 104 Å². The molecular weight excluding hydrogens is 301 g/mol. The molecule has 1 aliphatic rings. The molecule has 0 saturated carbocycles. The summed E-state index contributed by atoms with van der Waals surface area (Å²) < 4.78 is 0.975. The van der Waals surface area contributed by atoms with Crippen LogP contribution in [0.25, 0.3) is 0 Å². The highest BCUT2D eigenvalue weighted by atomic mass is 127. The molecule has 0 radical (unpaired) electrons. The van der Waals surface area contributed by atoms with Crippen molar-refractivity contribution in [3.05, 3.63) is 35.4 Å². The maximum absolute atomic E-state index is 11.8. The van der Waals surface area contributed by atoms with Crippen molar-refractivity contribution < 1.29 is 4.79 Å². The molecule has 0 spiro atoms. The lowest BCUT2D eigenvalue weighted by Crippen LogP contribution is -2.32. The molecular formula is C12H14INO. The average molecular weight is 315 g/mol. The molecule has 1 aromatic carbocycles. The van der Waals surface area contributed by atoms with Crippen LogP contribution in [0.4, 0.5) is 0 Å². The van der Waals surface area contributed by atoms with E-state index in [0.29, 0.717) is 0 Å². The Hall–Kier alpha value is -0.580. The maximum Gasteiger partial charge on any atom is 0.223 e. The van der Waals surface area contributed by atoms with Gasteiger partial charge in [0.05, 0.1) is 0 Å². The first-order valence-corrected chi connectivity index (χ1v) is 6.74. The number of alkyl halides is 1. The highest BCUT2D eigenvalue weighted by Gasteiger charge is 2.26. The molecule has 0 aromatic heterocycles. The SMILES string of the molecule is O=C(NCCI)C1Cc2ccccc2C1. The normalized spacial score (nSPS) is 15.0. The topological polar surface area (TPSA) is 29.1 Å². The van der Waals surface area contributed by atoms with E-state index in [4.69, 9.17) is 0 Å². The summed E-state index contributed by atoms with van der Waals surface area (Å²) in [7, 11) is 0. The Kier molecular flexibility index (Phi) is 3.61. The summed E-state index contributed by atoms with van der Waals surface area (Å²) in [5, 5.41) is 2.96. The second-order valence-corrected chi connectivity index (χ2v) is 4.93. The number of benzene rings is 1. The highest BCUT2D eigenvalue weighted by molar-refractivity contribution is 14.1. The Morgan fingerprint density at radius 3 is 2.47 bits per heavy atom. The number of hydrogen-bond donors (Lipinski definition) is 1. The van der Waals surface area contributed by atoms with Crippen LogP contribution in [-0.2, 0) is 17.6 Å². The zero-order chi connectivity index (χ0) is 10.7. The Morgan fingerprint density at radius 2 is 1.93 bits per heavy atom. The van der Waals surface area contributed by atoms with Crippen LogP contribution in [0, 0.1) is 5.92 Å². The van der Waals surface area contributed by atoms with Crippen molar-refractivity contribution in [2.45, 2.75) is 12.8 Å². The summed E-state index contributed by atoms with van der Waals surface area (Å²) in [6.07, 6.45) is 1.81. The van der Waals surface area contributed by atoms with Gasteiger partial charge in [0.15, 0.2) is 0 Å². The summed E-state index contributed by atoms with van der Waals surface area (Å²) in [5.74, 6) is 0.369. The van der Waals surface area contributed by atoms with Gasteiger partial charge in [-0.25, -0.2) is 0 Å². The van der Waals surface area contributed by atoms with Crippen molar-refractivity contribution in [2.24, 2.45) is 5.92 Å². The molecule has 1 aliphatic carbocycles. The van der Waals surface area contributed by atoms with E-state index < -0.39 is 0 Å². The first-order valence-electron chi connectivity index (χ1n) is 5.21. The third kappa shape index (κ3) is 2.51. The fourth-order valence-electron chi connectivity index (χ4n) is 2.06. The molecule has 80 valence electrons. The van der Waals surface area contributed by atoms with Crippen LogP contribution in [0.1, 0.15) is 11.1 Å². The van der Waals surface area contributed by atoms with Crippen molar-refractivity contribution in [2.75, 3.05) is 11.0 Å². The summed E-state index contributed by atoms with van der Waals surface area (Å²) in [5.41, 5.74) is 2.68. The Bertz CT molecular complexity index is 339. The van der Waals surface area contributed by atoms with Gasteiger partial charge >= 0.3 is 0 Å². The van der Waals surface area contributed by atoms with Gasteiger partial charge in [-0.15, -0.1) is 0 Å². The van der Waals surface area contributed by atoms with E-state index in [0.717, 1.165) is 23.8 Å². The minimum Gasteiger partial charge on any atom is -0.355 e. The molecule has 0 fully saturated rings. The van der Waals surface area contributed by atoms with E-state index in [9.17, 15) is 4.79 Å². The van der Waals surface area contributed by atoms with E-state index in [2.05, 4.69) is 40.0 Å². The van der Waals surface area contributed by atoms with Crippen LogP contribution in [-0.4, -0.2) is 16.9 Å². The van der Waals surface area contributed by atoms with Crippen molar-refractivity contribution >= 4 is 28.5 Å². The van der Waals surface area contributed by atoms with E-state index >= 15 is 0 Å². The Balaban J connectivity index is 1.98. The monoisotopic (exact) mass is 315 g/mol. The van der Waals surface area contributed by atoms with Gasteiger partial charge in [-0.1, -0.05) is 46.9 Å². The lowest BCUT2D eigenvalue weighted by Gasteiger charge is -2.08. The van der Waals surface area contributed by atoms with Crippen molar-refractivity contribution in [1.82, 2.24) is 5.32 Å². The molecule has 0 heterocycles. The lowest BCUT2D eigenvalue weighted by atomic mass is 10.1. The zero-order valence-electron chi connectivity index (χ0n) is 8.50. The molecule has 0 unspecified atom stereocenters. The van der Waals surface area contributed by atoms with E-state index in [1.807, 2.05) is 12.1 Å². The number of fused-ring (bicyclic) bond motifs is 1. The van der Waals surface area contributed by atoms with Gasteiger partial charge < -0.3 is 5.32 Å². The third-order valence-corrected chi connectivity index (χ3v) is 3.35. The number of hydrogen-bond acceptors (Lipinski definition) is 1. The van der Waals surface area contributed by atoms with Gasteiger partial charge in [0.1, 0.15) is 0 Å². The van der Waals surface area contributed by atoms with Gasteiger partial charge in [0.2, 0.25) is 5.91 Å². The number of nitrogens with one attached hydrogen (secondary N) is 1. The van der Waals surface area contributed by atoms with Gasteiger partial charge in [0, 0.05) is 16.9 Å². The molecule has 0 bridgehead atoms. The molecule has 1 amide bonds. The summed E-state index contributed by atoms with van der Waals surface area (Å²) in [4.78, 5) is 11.8. The van der Waals surface area contributed by atoms with Gasteiger partial charge in [0.25, 0.3) is 0 Å². The molecule has 2 rings (SSSR count). The molecule has 2 nitrogen and oxygen atoms in total. The molecule has 0 aliphatic heterocycles. The van der Waals surface area contributed by atoms with Crippen LogP contribution < -0.4 is 5.32 Å². The summed E-state index contributed by atoms with van der Waals surface area (Å²) in [6, 6.07) is 8.34. The van der Waals surface area contributed by atoms with Crippen molar-refractivity contribution in [3.8, 4) is 0 Å². The third-order valence-electron chi connectivity index (χ3n) is 2.82. The number of rotatable bonds is 3. The lowest BCUT2D eigenvalue weighted by molar-refractivity contribution is -0.124. The maximum atomic E-state index is 11.8. The second kappa shape index (κ2) is 4.96. The summed E-state index contributed by atoms with van der Waals surface area (Å²) in [6.45, 7) is 0.784. The van der Waals surface area contributed by atoms with Gasteiger partial charge in [-0.2, -0.15) is 0 Å². The molecule has 15 heavy (non-hydrogen) atoms. The number of amides is 1. The Morgan fingerprint density at radius 1 is 1.33 bits per heavy atom. The van der Waals surface area contributed by atoms with E-state index in [1.165, 1.54) is 11.1 Å². The molecule has 0 saturated heterocycles. The molecule has 0 atom stereocenters. The van der Waals surface area contributed by atoms with Crippen LogP contribution in [0.5, 0.6) is 0 Å². The van der Waals surface area contributed by atoms with Gasteiger partial charge in [-0.3, -0.25) is 4.79 Å². The number of carbonyl (C=O) groups excluding carboxylic acids is 1. The fourth-order valence-corrected chi connectivity index (χ4v) is 2.33. The molecule has 1 aromatic rings. The second-order valence-electron chi connectivity index (χ2n) is 3.85. The van der Waals surface area contributed by atoms with Crippen LogP contribution in [0.15, 0.2) is 24.3 Å². The largest absolute Gasteiger partial charge is 0.355 e. The quantitative estimate of drug-likeness (QED) is 0.670. The standard InChI is InChI=1S/C12H14INO/c13-5-6-14-12(15)11-7-9-3-1-2-4-10(9)8-11/h1-4,11H,5-8H2,(H,14,15). The van der Waals surface area contributed by atoms with Crippen LogP contribution in [0.2, 0.25) is 0 Å². The smallest absolute Gasteiger partial charge is 0.223 e. The first-order chi connectivity index (χ1) is 7.31. The van der Waals surface area contributed by atoms with E-state index in [1.54, 1.807) is 0 Å². The highest BCUT2D eigenvalue weighted by Crippen LogP contribution is 2.26. The summed E-state index contributed by atoms with van der Waals surface area (Å²) >= 11 is 2.27. The zero-order valence-corrected chi connectivity index (χ0v) is 10.7. The predicted octanol–water partition coefficient (Wildman–Crippen LogP) is 1.95.